The zero-order valence-electron chi connectivity index (χ0n) is 11.2. The summed E-state index contributed by atoms with van der Waals surface area (Å²) in [5.41, 5.74) is 4.08. The van der Waals surface area contributed by atoms with Crippen molar-refractivity contribution in [3.63, 3.8) is 0 Å². The summed E-state index contributed by atoms with van der Waals surface area (Å²) >= 11 is 1.64. The number of hydrogen-bond acceptors (Lipinski definition) is 4. The molecule has 0 aliphatic carbocycles. The minimum absolute atomic E-state index is 0.0731. The van der Waals surface area contributed by atoms with Crippen LogP contribution in [0.1, 0.15) is 16.5 Å². The van der Waals surface area contributed by atoms with Gasteiger partial charge in [-0.2, -0.15) is 0 Å². The molecule has 4 heteroatoms. The topological polar surface area (TPSA) is 47.3 Å². The number of rotatable bonds is 4. The van der Waals surface area contributed by atoms with Gasteiger partial charge in [-0.15, -0.1) is 11.3 Å². The first-order valence-corrected chi connectivity index (χ1v) is 7.28. The van der Waals surface area contributed by atoms with E-state index in [4.69, 9.17) is 10.6 Å². The Morgan fingerprint density at radius 1 is 1.10 bits per heavy atom. The average molecular weight is 284 g/mol. The van der Waals surface area contributed by atoms with E-state index in [2.05, 4.69) is 35.8 Å². The molecule has 0 bridgehead atoms. The lowest BCUT2D eigenvalue weighted by molar-refractivity contribution is 0.408. The first-order valence-electron chi connectivity index (χ1n) is 6.40. The van der Waals surface area contributed by atoms with Crippen molar-refractivity contribution in [1.29, 1.82) is 0 Å². The first kappa shape index (κ1) is 13.1. The van der Waals surface area contributed by atoms with Crippen molar-refractivity contribution in [3.8, 4) is 5.75 Å². The SMILES string of the molecule is COc1ccsc1C(NN)c1cccc2ccccc12. The number of ether oxygens (including phenoxy) is 1. The van der Waals surface area contributed by atoms with Gasteiger partial charge in [0.05, 0.1) is 18.0 Å². The van der Waals surface area contributed by atoms with E-state index in [0.29, 0.717) is 0 Å². The fraction of sp³-hybridized carbons (Fsp3) is 0.125. The van der Waals surface area contributed by atoms with Crippen LogP contribution in [0.4, 0.5) is 0 Å². The summed E-state index contributed by atoms with van der Waals surface area (Å²) in [7, 11) is 1.68. The zero-order chi connectivity index (χ0) is 13.9. The molecular formula is C16H16N2OS. The normalized spacial score (nSPS) is 12.5. The van der Waals surface area contributed by atoms with E-state index in [1.807, 2.05) is 23.6 Å². The maximum atomic E-state index is 5.81. The minimum Gasteiger partial charge on any atom is -0.496 e. The van der Waals surface area contributed by atoms with Gasteiger partial charge in [0.15, 0.2) is 0 Å². The van der Waals surface area contributed by atoms with Gasteiger partial charge < -0.3 is 4.74 Å². The minimum atomic E-state index is -0.0731. The molecule has 0 spiro atoms. The lowest BCUT2D eigenvalue weighted by Crippen LogP contribution is -2.28. The second-order valence-corrected chi connectivity index (χ2v) is 5.47. The van der Waals surface area contributed by atoms with Crippen molar-refractivity contribution in [2.24, 2.45) is 5.84 Å². The van der Waals surface area contributed by atoms with Crippen molar-refractivity contribution in [3.05, 3.63) is 64.4 Å². The molecular weight excluding hydrogens is 268 g/mol. The lowest BCUT2D eigenvalue weighted by Gasteiger charge is -2.18. The van der Waals surface area contributed by atoms with Crippen molar-refractivity contribution >= 4 is 22.1 Å². The van der Waals surface area contributed by atoms with Crippen molar-refractivity contribution < 1.29 is 4.74 Å². The van der Waals surface area contributed by atoms with E-state index in [1.165, 1.54) is 10.8 Å². The number of nitrogens with two attached hydrogens (primary N) is 1. The Hall–Kier alpha value is -1.88. The monoisotopic (exact) mass is 284 g/mol. The van der Waals surface area contributed by atoms with E-state index in [-0.39, 0.29) is 6.04 Å². The van der Waals surface area contributed by atoms with Gasteiger partial charge in [-0.1, -0.05) is 42.5 Å². The summed E-state index contributed by atoms with van der Waals surface area (Å²) in [5, 5.41) is 4.43. The number of methoxy groups -OCH3 is 1. The Morgan fingerprint density at radius 2 is 1.90 bits per heavy atom. The van der Waals surface area contributed by atoms with Crippen LogP contribution < -0.4 is 16.0 Å². The van der Waals surface area contributed by atoms with Gasteiger partial charge in [0.25, 0.3) is 0 Å². The summed E-state index contributed by atoms with van der Waals surface area (Å²) in [6.45, 7) is 0. The molecule has 102 valence electrons. The Morgan fingerprint density at radius 3 is 2.70 bits per heavy atom. The standard InChI is InChI=1S/C16H16N2OS/c1-19-14-9-10-20-16(14)15(18-17)13-8-4-6-11-5-2-3-7-12(11)13/h2-10,15,18H,17H2,1H3. The molecule has 1 atom stereocenters. The highest BCUT2D eigenvalue weighted by Gasteiger charge is 2.20. The van der Waals surface area contributed by atoms with Gasteiger partial charge in [0.1, 0.15) is 5.75 Å². The second kappa shape index (κ2) is 5.63. The van der Waals surface area contributed by atoms with Crippen molar-refractivity contribution in [1.82, 2.24) is 5.43 Å². The number of hydrogen-bond donors (Lipinski definition) is 2. The summed E-state index contributed by atoms with van der Waals surface area (Å²) in [4.78, 5) is 1.09. The number of thiophene rings is 1. The summed E-state index contributed by atoms with van der Waals surface area (Å²) < 4.78 is 5.42. The molecule has 3 N–H and O–H groups in total. The van der Waals surface area contributed by atoms with Crippen LogP contribution in [-0.2, 0) is 0 Å². The van der Waals surface area contributed by atoms with Crippen LogP contribution in [0.2, 0.25) is 0 Å². The molecule has 3 aromatic rings. The quantitative estimate of drug-likeness (QED) is 0.570. The molecule has 1 unspecified atom stereocenters. The maximum Gasteiger partial charge on any atom is 0.134 e. The highest BCUT2D eigenvalue weighted by atomic mass is 32.1. The molecule has 0 fully saturated rings. The fourth-order valence-electron chi connectivity index (χ4n) is 2.50. The molecule has 3 rings (SSSR count). The van der Waals surface area contributed by atoms with Crippen LogP contribution in [0.15, 0.2) is 53.9 Å². The Kier molecular flexibility index (Phi) is 3.69. The van der Waals surface area contributed by atoms with Crippen LogP contribution in [0.5, 0.6) is 5.75 Å². The lowest BCUT2D eigenvalue weighted by atomic mass is 9.98. The van der Waals surface area contributed by atoms with Gasteiger partial charge in [0, 0.05) is 0 Å². The molecule has 3 nitrogen and oxygen atoms in total. The van der Waals surface area contributed by atoms with Crippen molar-refractivity contribution in [2.45, 2.75) is 6.04 Å². The van der Waals surface area contributed by atoms with Gasteiger partial charge >= 0.3 is 0 Å². The summed E-state index contributed by atoms with van der Waals surface area (Å²) in [6.07, 6.45) is 0. The Labute approximate surface area is 122 Å². The number of hydrazine groups is 1. The average Bonchev–Trinajstić information content (AvgIpc) is 2.97. The summed E-state index contributed by atoms with van der Waals surface area (Å²) in [5.74, 6) is 6.68. The molecule has 1 aromatic heterocycles. The van der Waals surface area contributed by atoms with Crippen molar-refractivity contribution in [2.75, 3.05) is 7.11 Å². The Balaban J connectivity index is 2.17. The van der Waals surface area contributed by atoms with E-state index >= 15 is 0 Å². The molecule has 0 saturated heterocycles. The number of benzene rings is 2. The highest BCUT2D eigenvalue weighted by molar-refractivity contribution is 7.10. The largest absolute Gasteiger partial charge is 0.496 e. The van der Waals surface area contributed by atoms with Gasteiger partial charge in [-0.05, 0) is 27.8 Å². The van der Waals surface area contributed by atoms with Crippen LogP contribution in [0, 0.1) is 0 Å². The van der Waals surface area contributed by atoms with E-state index in [9.17, 15) is 0 Å². The van der Waals surface area contributed by atoms with Gasteiger partial charge in [-0.25, -0.2) is 5.43 Å². The molecule has 0 amide bonds. The maximum absolute atomic E-state index is 5.81. The molecule has 1 heterocycles. The first-order chi connectivity index (χ1) is 9.85. The van der Waals surface area contributed by atoms with Crippen LogP contribution in [0.25, 0.3) is 10.8 Å². The smallest absolute Gasteiger partial charge is 0.134 e. The second-order valence-electron chi connectivity index (χ2n) is 4.52. The zero-order valence-corrected chi connectivity index (χ0v) is 12.0. The van der Waals surface area contributed by atoms with Gasteiger partial charge in [0.2, 0.25) is 0 Å². The predicted octanol–water partition coefficient (Wildman–Crippen LogP) is 3.46. The van der Waals surface area contributed by atoms with Crippen LogP contribution >= 0.6 is 11.3 Å². The number of fused-ring (bicyclic) bond motifs is 1. The van der Waals surface area contributed by atoms with Crippen LogP contribution in [-0.4, -0.2) is 7.11 Å². The summed E-state index contributed by atoms with van der Waals surface area (Å²) in [6, 6.07) is 16.5. The molecule has 2 aromatic carbocycles. The third kappa shape index (κ3) is 2.18. The molecule has 0 aliphatic heterocycles. The third-order valence-corrected chi connectivity index (χ3v) is 4.40. The molecule has 0 saturated carbocycles. The molecule has 20 heavy (non-hydrogen) atoms. The van der Waals surface area contributed by atoms with Crippen LogP contribution in [0.3, 0.4) is 0 Å². The van der Waals surface area contributed by atoms with E-state index in [0.717, 1.165) is 16.2 Å². The van der Waals surface area contributed by atoms with E-state index in [1.54, 1.807) is 18.4 Å². The van der Waals surface area contributed by atoms with Gasteiger partial charge in [-0.3, -0.25) is 5.84 Å². The molecule has 0 radical (unpaired) electrons. The fourth-order valence-corrected chi connectivity index (χ4v) is 3.43. The highest BCUT2D eigenvalue weighted by Crippen LogP contribution is 2.36. The molecule has 0 aliphatic rings. The predicted molar refractivity (Wildman–Crippen MR) is 84.0 cm³/mol. The Bertz CT molecular complexity index is 718. The number of nitrogens with one attached hydrogen (secondary N) is 1. The van der Waals surface area contributed by atoms with E-state index < -0.39 is 0 Å². The third-order valence-electron chi connectivity index (χ3n) is 3.44.